The Balaban J connectivity index is 1.54. The molecule has 0 saturated carbocycles. The summed E-state index contributed by atoms with van der Waals surface area (Å²) in [5, 5.41) is 3.12. The number of hydrogen-bond donors (Lipinski definition) is 1. The van der Waals surface area contributed by atoms with E-state index in [4.69, 9.17) is 0 Å². The van der Waals surface area contributed by atoms with Gasteiger partial charge in [-0.2, -0.15) is 0 Å². The first-order valence-corrected chi connectivity index (χ1v) is 8.50. The molecule has 3 fully saturated rings. The van der Waals surface area contributed by atoms with Gasteiger partial charge < -0.3 is 10.2 Å². The minimum atomic E-state index is 0.0261. The van der Waals surface area contributed by atoms with E-state index in [0.29, 0.717) is 12.0 Å². The number of piperidine rings is 3. The summed E-state index contributed by atoms with van der Waals surface area (Å²) in [6.07, 6.45) is 4.56. The maximum Gasteiger partial charge on any atom is 0.251 e. The lowest BCUT2D eigenvalue weighted by Gasteiger charge is -2.49. The lowest BCUT2D eigenvalue weighted by molar-refractivity contribution is 0.0195. The smallest absolute Gasteiger partial charge is 0.251 e. The summed E-state index contributed by atoms with van der Waals surface area (Å²) >= 11 is 0. The van der Waals surface area contributed by atoms with Gasteiger partial charge in [-0.3, -0.25) is 9.69 Å². The van der Waals surface area contributed by atoms with Crippen LogP contribution in [0.2, 0.25) is 0 Å². The van der Waals surface area contributed by atoms with E-state index < -0.39 is 0 Å². The first kappa shape index (κ1) is 16.1. The van der Waals surface area contributed by atoms with Crippen molar-refractivity contribution in [2.75, 3.05) is 38.6 Å². The number of rotatable bonds is 5. The number of amides is 1. The molecular weight excluding hydrogens is 286 g/mol. The maximum absolute atomic E-state index is 12.3. The van der Waals surface area contributed by atoms with Gasteiger partial charge in [0.05, 0.1) is 0 Å². The zero-order chi connectivity index (χ0) is 16.4. The Kier molecular flexibility index (Phi) is 4.71. The molecule has 4 rings (SSSR count). The Hall–Kier alpha value is -1.81. The van der Waals surface area contributed by atoms with Crippen molar-refractivity contribution < 1.29 is 4.79 Å². The predicted molar refractivity (Wildman–Crippen MR) is 94.9 cm³/mol. The number of fused-ring (bicyclic) bond motifs is 3. The van der Waals surface area contributed by atoms with Crippen molar-refractivity contribution in [3.63, 3.8) is 0 Å². The van der Waals surface area contributed by atoms with E-state index >= 15 is 0 Å². The summed E-state index contributed by atoms with van der Waals surface area (Å²) in [4.78, 5) is 16.9. The van der Waals surface area contributed by atoms with Crippen LogP contribution in [-0.2, 0) is 0 Å². The third-order valence-corrected chi connectivity index (χ3v) is 5.38. The molecular formula is C19H27N3O. The fourth-order valence-corrected chi connectivity index (χ4v) is 3.88. The summed E-state index contributed by atoms with van der Waals surface area (Å²) in [6, 6.07) is 8.23. The van der Waals surface area contributed by atoms with Gasteiger partial charge in [0.25, 0.3) is 5.91 Å². The third-order valence-electron chi connectivity index (χ3n) is 5.38. The van der Waals surface area contributed by atoms with Crippen molar-refractivity contribution in [2.24, 2.45) is 11.8 Å². The molecule has 4 atom stereocenters. The molecule has 1 unspecified atom stereocenters. The predicted octanol–water partition coefficient (Wildman–Crippen LogP) is 2.38. The molecule has 1 N–H and O–H groups in total. The Morgan fingerprint density at radius 2 is 2.13 bits per heavy atom. The Labute approximate surface area is 139 Å². The van der Waals surface area contributed by atoms with E-state index in [1.54, 1.807) is 0 Å². The van der Waals surface area contributed by atoms with E-state index in [2.05, 4.69) is 22.9 Å². The van der Waals surface area contributed by atoms with Crippen molar-refractivity contribution >= 4 is 11.6 Å². The highest BCUT2D eigenvalue weighted by Crippen LogP contribution is 2.36. The average molecular weight is 313 g/mol. The second-order valence-electron chi connectivity index (χ2n) is 6.98. The van der Waals surface area contributed by atoms with Crippen LogP contribution in [0.1, 0.15) is 23.2 Å². The number of benzene rings is 1. The summed E-state index contributed by atoms with van der Waals surface area (Å²) in [5.41, 5.74) is 1.84. The first-order valence-electron chi connectivity index (χ1n) is 8.50. The molecule has 23 heavy (non-hydrogen) atoms. The van der Waals surface area contributed by atoms with Crippen molar-refractivity contribution in [3.05, 3.63) is 42.5 Å². The van der Waals surface area contributed by atoms with Crippen LogP contribution in [0.15, 0.2) is 36.9 Å². The highest BCUT2D eigenvalue weighted by molar-refractivity contribution is 5.94. The fraction of sp³-hybridized carbons (Fsp3) is 0.526. The van der Waals surface area contributed by atoms with Crippen LogP contribution in [0.25, 0.3) is 0 Å². The fourth-order valence-electron chi connectivity index (χ4n) is 3.88. The normalized spacial score (nSPS) is 29.1. The van der Waals surface area contributed by atoms with Gasteiger partial charge in [0.2, 0.25) is 0 Å². The summed E-state index contributed by atoms with van der Waals surface area (Å²) < 4.78 is 0. The number of carbonyl (C=O) groups excluding carboxylic acids is 1. The second-order valence-corrected chi connectivity index (χ2v) is 6.98. The molecule has 3 aliphatic rings. The Morgan fingerprint density at radius 3 is 2.70 bits per heavy atom. The molecule has 3 saturated heterocycles. The van der Waals surface area contributed by atoms with Gasteiger partial charge in [-0.15, -0.1) is 6.58 Å². The number of hydrogen-bond acceptors (Lipinski definition) is 3. The van der Waals surface area contributed by atoms with Gasteiger partial charge in [-0.1, -0.05) is 6.08 Å². The van der Waals surface area contributed by atoms with Crippen molar-refractivity contribution in [3.8, 4) is 0 Å². The summed E-state index contributed by atoms with van der Waals surface area (Å²) in [7, 11) is 4.00. The van der Waals surface area contributed by atoms with E-state index in [-0.39, 0.29) is 5.91 Å². The molecule has 4 nitrogen and oxygen atoms in total. The first-order chi connectivity index (χ1) is 11.1. The molecule has 3 heterocycles. The Morgan fingerprint density at radius 1 is 1.39 bits per heavy atom. The number of nitrogens with zero attached hydrogens (tertiary/aromatic N) is 2. The molecule has 1 aromatic rings. The topological polar surface area (TPSA) is 35.6 Å². The van der Waals surface area contributed by atoms with E-state index in [9.17, 15) is 4.79 Å². The lowest BCUT2D eigenvalue weighted by Crippen LogP contribution is -2.56. The third kappa shape index (κ3) is 3.42. The van der Waals surface area contributed by atoms with Crippen LogP contribution in [0.3, 0.4) is 0 Å². The molecule has 0 aromatic heterocycles. The van der Waals surface area contributed by atoms with Crippen LogP contribution in [0.4, 0.5) is 5.69 Å². The van der Waals surface area contributed by atoms with Crippen LogP contribution in [0.5, 0.6) is 0 Å². The van der Waals surface area contributed by atoms with Crippen molar-refractivity contribution in [1.82, 2.24) is 10.2 Å². The van der Waals surface area contributed by atoms with Gasteiger partial charge >= 0.3 is 0 Å². The molecule has 0 spiro atoms. The van der Waals surface area contributed by atoms with Crippen LogP contribution in [-0.4, -0.2) is 50.6 Å². The molecule has 1 amide bonds. The molecule has 0 radical (unpaired) electrons. The highest BCUT2D eigenvalue weighted by atomic mass is 16.1. The van der Waals surface area contributed by atoms with Crippen molar-refractivity contribution in [1.29, 1.82) is 0 Å². The Bertz CT molecular complexity index is 566. The quantitative estimate of drug-likeness (QED) is 0.848. The van der Waals surface area contributed by atoms with Crippen molar-refractivity contribution in [2.45, 2.75) is 18.9 Å². The van der Waals surface area contributed by atoms with Crippen LogP contribution < -0.4 is 10.2 Å². The molecule has 0 aliphatic carbocycles. The largest absolute Gasteiger partial charge is 0.378 e. The van der Waals surface area contributed by atoms with E-state index in [0.717, 1.165) is 36.8 Å². The average Bonchev–Trinajstić information content (AvgIpc) is 2.60. The van der Waals surface area contributed by atoms with Gasteiger partial charge in [0, 0.05) is 44.5 Å². The molecule has 1 aromatic carbocycles. The number of carbonyl (C=O) groups is 1. The zero-order valence-electron chi connectivity index (χ0n) is 14.2. The molecule has 3 aliphatic heterocycles. The number of nitrogens with one attached hydrogen (secondary N) is 1. The van der Waals surface area contributed by atoms with E-state index in [1.807, 2.05) is 43.3 Å². The molecule has 124 valence electrons. The number of anilines is 1. The molecule has 2 bridgehead atoms. The SMILES string of the molecule is C=C[C@H]1CN2CC[C@H]1C[C@@H]2CNC(=O)c1ccc(N(C)C)cc1. The van der Waals surface area contributed by atoms with Gasteiger partial charge in [0.1, 0.15) is 0 Å². The van der Waals surface area contributed by atoms with E-state index in [1.165, 1.54) is 12.8 Å². The second kappa shape index (κ2) is 6.75. The zero-order valence-corrected chi connectivity index (χ0v) is 14.2. The van der Waals surface area contributed by atoms with Gasteiger partial charge in [-0.05, 0) is 55.5 Å². The van der Waals surface area contributed by atoms with Gasteiger partial charge in [0.15, 0.2) is 0 Å². The summed E-state index contributed by atoms with van der Waals surface area (Å²) in [5.74, 6) is 1.41. The molecule has 4 heteroatoms. The van der Waals surface area contributed by atoms with Crippen LogP contribution >= 0.6 is 0 Å². The summed E-state index contributed by atoms with van der Waals surface area (Å²) in [6.45, 7) is 6.97. The lowest BCUT2D eigenvalue weighted by atomic mass is 9.75. The van der Waals surface area contributed by atoms with Gasteiger partial charge in [-0.25, -0.2) is 0 Å². The highest BCUT2D eigenvalue weighted by Gasteiger charge is 2.38. The minimum absolute atomic E-state index is 0.0261. The minimum Gasteiger partial charge on any atom is -0.378 e. The van der Waals surface area contributed by atoms with Crippen LogP contribution in [0, 0.1) is 11.8 Å². The maximum atomic E-state index is 12.3. The monoisotopic (exact) mass is 313 g/mol. The standard InChI is InChI=1S/C19H27N3O/c1-4-14-13-22-10-9-16(14)11-18(22)12-20-19(23)15-5-7-17(8-6-15)21(2)3/h4-8,14,16,18H,1,9-13H2,2-3H3,(H,20,23)/t14-,16-,18+/m0/s1.